The standard InChI is InChI=1S/C34H32N2O4/c35-20-10-9-19-29(33(37)38)36-34(39)40-32(30-25-15-5-1-11-21(25)22-12-2-6-16-26(22)30)31-27-17-7-3-13-23(27)24-14-4-8-18-28(24)31/h1-8,11-18,29-32H,9-10,19-20,35H2,(H,36,39)(H,37,38)/t29-/m0/s1. The van der Waals surface area contributed by atoms with Gasteiger partial charge in [-0.2, -0.15) is 0 Å². The van der Waals surface area contributed by atoms with Gasteiger partial charge >= 0.3 is 12.1 Å². The molecule has 0 aliphatic heterocycles. The Hall–Kier alpha value is -4.42. The van der Waals surface area contributed by atoms with E-state index >= 15 is 0 Å². The van der Waals surface area contributed by atoms with E-state index in [-0.39, 0.29) is 18.3 Å². The van der Waals surface area contributed by atoms with Crippen LogP contribution in [0.1, 0.15) is 53.4 Å². The number of rotatable bonds is 9. The number of nitrogens with one attached hydrogen (secondary N) is 1. The van der Waals surface area contributed by atoms with E-state index < -0.39 is 24.2 Å². The lowest BCUT2D eigenvalue weighted by molar-refractivity contribution is -0.139. The molecule has 202 valence electrons. The number of amides is 1. The van der Waals surface area contributed by atoms with Gasteiger partial charge in [0.25, 0.3) is 0 Å². The van der Waals surface area contributed by atoms with Crippen LogP contribution in [-0.4, -0.2) is 35.9 Å². The Morgan fingerprint density at radius 2 is 1.10 bits per heavy atom. The first-order valence-corrected chi connectivity index (χ1v) is 13.8. The van der Waals surface area contributed by atoms with Crippen molar-refractivity contribution < 1.29 is 19.4 Å². The molecule has 2 aliphatic rings. The van der Waals surface area contributed by atoms with Gasteiger partial charge in [-0.05, 0) is 70.3 Å². The summed E-state index contributed by atoms with van der Waals surface area (Å²) < 4.78 is 6.39. The molecule has 0 fully saturated rings. The number of unbranched alkanes of at least 4 members (excludes halogenated alkanes) is 1. The minimum Gasteiger partial charge on any atom is -0.480 e. The molecule has 0 heterocycles. The van der Waals surface area contributed by atoms with E-state index in [9.17, 15) is 14.7 Å². The van der Waals surface area contributed by atoms with E-state index in [1.165, 1.54) is 0 Å². The van der Waals surface area contributed by atoms with Crippen molar-refractivity contribution in [3.63, 3.8) is 0 Å². The number of carbonyl (C=O) groups excluding carboxylic acids is 1. The predicted molar refractivity (Wildman–Crippen MR) is 155 cm³/mol. The summed E-state index contributed by atoms with van der Waals surface area (Å²) in [7, 11) is 0. The van der Waals surface area contributed by atoms with Crippen molar-refractivity contribution in [1.29, 1.82) is 0 Å². The molecule has 0 saturated carbocycles. The molecule has 4 aromatic carbocycles. The molecular weight excluding hydrogens is 500 g/mol. The second-order valence-electron chi connectivity index (χ2n) is 10.5. The van der Waals surface area contributed by atoms with Gasteiger partial charge in [0, 0.05) is 11.8 Å². The van der Waals surface area contributed by atoms with Gasteiger partial charge in [-0.15, -0.1) is 0 Å². The Bertz CT molecular complexity index is 1380. The van der Waals surface area contributed by atoms with Crippen LogP contribution < -0.4 is 11.1 Å². The molecule has 1 amide bonds. The van der Waals surface area contributed by atoms with Crippen LogP contribution in [0.25, 0.3) is 22.3 Å². The van der Waals surface area contributed by atoms with Crippen LogP contribution in [-0.2, 0) is 9.53 Å². The Morgan fingerprint density at radius 1 is 0.700 bits per heavy atom. The lowest BCUT2D eigenvalue weighted by atomic mass is 9.79. The first kappa shape index (κ1) is 25.8. The summed E-state index contributed by atoms with van der Waals surface area (Å²) in [5.41, 5.74) is 14.5. The Kier molecular flexibility index (Phi) is 7.10. The summed E-state index contributed by atoms with van der Waals surface area (Å²) in [4.78, 5) is 25.5. The highest BCUT2D eigenvalue weighted by atomic mass is 16.6. The number of hydrogen-bond acceptors (Lipinski definition) is 4. The molecule has 0 saturated heterocycles. The summed E-state index contributed by atoms with van der Waals surface area (Å²) >= 11 is 0. The van der Waals surface area contributed by atoms with E-state index in [1.807, 2.05) is 48.5 Å². The highest BCUT2D eigenvalue weighted by Crippen LogP contribution is 2.54. The van der Waals surface area contributed by atoms with Crippen LogP contribution in [0.2, 0.25) is 0 Å². The smallest absolute Gasteiger partial charge is 0.408 e. The van der Waals surface area contributed by atoms with Gasteiger partial charge in [-0.1, -0.05) is 97.1 Å². The summed E-state index contributed by atoms with van der Waals surface area (Å²) in [5, 5.41) is 12.4. The summed E-state index contributed by atoms with van der Waals surface area (Å²) in [6.07, 6.45) is 0.233. The zero-order chi connectivity index (χ0) is 27.6. The minimum atomic E-state index is -1.08. The quantitative estimate of drug-likeness (QED) is 0.220. The van der Waals surface area contributed by atoms with Gasteiger partial charge < -0.3 is 20.9 Å². The van der Waals surface area contributed by atoms with Gasteiger partial charge in [-0.3, -0.25) is 0 Å². The number of carboxylic acids is 1. The number of ether oxygens (including phenoxy) is 1. The van der Waals surface area contributed by atoms with Crippen LogP contribution in [0.4, 0.5) is 4.79 Å². The van der Waals surface area contributed by atoms with E-state index in [1.54, 1.807) is 0 Å². The molecule has 6 nitrogen and oxygen atoms in total. The number of benzene rings is 4. The average molecular weight is 533 g/mol. The maximum absolute atomic E-state index is 13.5. The summed E-state index contributed by atoms with van der Waals surface area (Å²) in [6.45, 7) is 0.472. The number of nitrogens with two attached hydrogens (primary N) is 1. The number of hydrogen-bond donors (Lipinski definition) is 3. The van der Waals surface area contributed by atoms with Crippen LogP contribution in [0.15, 0.2) is 97.1 Å². The largest absolute Gasteiger partial charge is 0.480 e. The summed E-state index contributed by atoms with van der Waals surface area (Å²) in [5.74, 6) is -1.55. The number of carboxylic acid groups (broad SMARTS) is 1. The second-order valence-corrected chi connectivity index (χ2v) is 10.5. The van der Waals surface area contributed by atoms with Crippen molar-refractivity contribution in [3.8, 4) is 22.3 Å². The molecule has 0 unspecified atom stereocenters. The molecule has 6 rings (SSSR count). The maximum Gasteiger partial charge on any atom is 0.408 e. The van der Waals surface area contributed by atoms with Crippen molar-refractivity contribution in [3.05, 3.63) is 119 Å². The molecular formula is C34H32N2O4. The molecule has 4 N–H and O–H groups in total. The van der Waals surface area contributed by atoms with Crippen molar-refractivity contribution in [2.45, 2.75) is 43.2 Å². The van der Waals surface area contributed by atoms with Crippen molar-refractivity contribution >= 4 is 12.1 Å². The molecule has 6 heteroatoms. The molecule has 0 aromatic heterocycles. The number of aliphatic carboxylic acids is 1. The van der Waals surface area contributed by atoms with E-state index in [0.717, 1.165) is 44.5 Å². The molecule has 0 bridgehead atoms. The zero-order valence-corrected chi connectivity index (χ0v) is 22.1. The van der Waals surface area contributed by atoms with E-state index in [0.29, 0.717) is 19.4 Å². The van der Waals surface area contributed by atoms with Crippen LogP contribution >= 0.6 is 0 Å². The zero-order valence-electron chi connectivity index (χ0n) is 22.1. The third kappa shape index (κ3) is 4.54. The van der Waals surface area contributed by atoms with Gasteiger partial charge in [0.1, 0.15) is 12.1 Å². The number of alkyl carbamates (subject to hydrolysis) is 1. The maximum atomic E-state index is 13.5. The highest BCUT2D eigenvalue weighted by Gasteiger charge is 2.45. The number of fused-ring (bicyclic) bond motifs is 6. The Labute approximate surface area is 233 Å². The van der Waals surface area contributed by atoms with Crippen LogP contribution in [0.5, 0.6) is 0 Å². The molecule has 1 atom stereocenters. The third-order valence-corrected chi connectivity index (χ3v) is 8.20. The topological polar surface area (TPSA) is 102 Å². The predicted octanol–water partition coefficient (Wildman–Crippen LogP) is 6.29. The first-order valence-electron chi connectivity index (χ1n) is 13.8. The van der Waals surface area contributed by atoms with Gasteiger partial charge in [-0.25, -0.2) is 9.59 Å². The molecule has 0 radical (unpaired) electrons. The lowest BCUT2D eigenvalue weighted by Crippen LogP contribution is -2.44. The molecule has 0 spiro atoms. The van der Waals surface area contributed by atoms with Gasteiger partial charge in [0.05, 0.1) is 0 Å². The Morgan fingerprint density at radius 3 is 1.48 bits per heavy atom. The molecule has 4 aromatic rings. The fourth-order valence-electron chi connectivity index (χ4n) is 6.48. The summed E-state index contributed by atoms with van der Waals surface area (Å²) in [6, 6.07) is 32.0. The monoisotopic (exact) mass is 532 g/mol. The molecule has 2 aliphatic carbocycles. The van der Waals surface area contributed by atoms with Gasteiger partial charge in [0.2, 0.25) is 0 Å². The minimum absolute atomic E-state index is 0.233. The van der Waals surface area contributed by atoms with Crippen molar-refractivity contribution in [2.24, 2.45) is 5.73 Å². The SMILES string of the molecule is NCCCC[C@H](NC(=O)OC(C1c2ccccc2-c2ccccc21)C1c2ccccc2-c2ccccc21)C(=O)O. The van der Waals surface area contributed by atoms with E-state index in [2.05, 4.69) is 53.8 Å². The lowest BCUT2D eigenvalue weighted by Gasteiger charge is -2.32. The molecule has 40 heavy (non-hydrogen) atoms. The number of carbonyl (C=O) groups is 2. The first-order chi connectivity index (χ1) is 19.6. The Balaban J connectivity index is 1.44. The second kappa shape index (κ2) is 11.0. The average Bonchev–Trinajstić information content (AvgIpc) is 3.49. The van der Waals surface area contributed by atoms with Crippen LogP contribution in [0.3, 0.4) is 0 Å². The highest BCUT2D eigenvalue weighted by molar-refractivity contribution is 5.83. The van der Waals surface area contributed by atoms with E-state index in [4.69, 9.17) is 10.5 Å². The van der Waals surface area contributed by atoms with Crippen LogP contribution in [0, 0.1) is 0 Å². The normalized spacial score (nSPS) is 14.2. The fraction of sp³-hybridized carbons (Fsp3) is 0.235. The van der Waals surface area contributed by atoms with Crippen molar-refractivity contribution in [2.75, 3.05) is 6.54 Å². The van der Waals surface area contributed by atoms with Gasteiger partial charge in [0.15, 0.2) is 0 Å². The fourth-order valence-corrected chi connectivity index (χ4v) is 6.48. The third-order valence-electron chi connectivity index (χ3n) is 8.20. The van der Waals surface area contributed by atoms with Crippen molar-refractivity contribution in [1.82, 2.24) is 5.32 Å².